The number of benzene rings is 1. The number of aliphatic hydroxyl groups excluding tert-OH is 1. The van der Waals surface area contributed by atoms with Gasteiger partial charge >= 0.3 is 0 Å². The lowest BCUT2D eigenvalue weighted by Gasteiger charge is -2.38. The Morgan fingerprint density at radius 1 is 1.22 bits per heavy atom. The number of nitrogens with zero attached hydrogens (tertiary/aromatic N) is 2. The van der Waals surface area contributed by atoms with Crippen molar-refractivity contribution in [3.05, 3.63) is 59.2 Å². The highest BCUT2D eigenvalue weighted by Gasteiger charge is 2.35. The van der Waals surface area contributed by atoms with Gasteiger partial charge in [0, 0.05) is 5.69 Å². The molecule has 1 atom stereocenters. The van der Waals surface area contributed by atoms with E-state index in [4.69, 9.17) is 0 Å². The third-order valence-electron chi connectivity index (χ3n) is 4.26. The van der Waals surface area contributed by atoms with Crippen LogP contribution in [-0.4, -0.2) is 27.1 Å². The van der Waals surface area contributed by atoms with Crippen LogP contribution in [0, 0.1) is 19.8 Å². The van der Waals surface area contributed by atoms with Crippen molar-refractivity contribution in [2.45, 2.75) is 38.8 Å². The molecule has 1 fully saturated rings. The Labute approximate surface area is 135 Å². The fourth-order valence-electron chi connectivity index (χ4n) is 3.08. The van der Waals surface area contributed by atoms with Crippen molar-refractivity contribution < 1.29 is 9.90 Å². The average Bonchev–Trinajstić information content (AvgIpc) is 2.49. The predicted molar refractivity (Wildman–Crippen MR) is 86.9 cm³/mol. The summed E-state index contributed by atoms with van der Waals surface area (Å²) in [6.07, 6.45) is 1.16. The van der Waals surface area contributed by atoms with Crippen LogP contribution in [0.3, 0.4) is 0 Å². The van der Waals surface area contributed by atoms with E-state index >= 15 is 0 Å². The van der Waals surface area contributed by atoms with Gasteiger partial charge in [0.1, 0.15) is 11.5 Å². The highest BCUT2D eigenvalue weighted by Crippen LogP contribution is 2.38. The molecule has 0 saturated heterocycles. The minimum atomic E-state index is -0.258. The second kappa shape index (κ2) is 6.46. The molecule has 1 aromatic carbocycles. The molecular weight excluding hydrogens is 290 g/mol. The summed E-state index contributed by atoms with van der Waals surface area (Å²) in [6, 6.07) is 11.5. The summed E-state index contributed by atoms with van der Waals surface area (Å²) in [5, 5.41) is 12.7. The molecule has 0 radical (unpaired) electrons. The predicted octanol–water partition coefficient (Wildman–Crippen LogP) is 2.34. The lowest BCUT2D eigenvalue weighted by molar-refractivity contribution is 0.0234. The zero-order valence-corrected chi connectivity index (χ0v) is 13.4. The maximum atomic E-state index is 12.6. The van der Waals surface area contributed by atoms with Gasteiger partial charge in [0.15, 0.2) is 0 Å². The van der Waals surface area contributed by atoms with Gasteiger partial charge in [0.2, 0.25) is 0 Å². The van der Waals surface area contributed by atoms with Crippen LogP contribution < -0.4 is 5.32 Å². The van der Waals surface area contributed by atoms with Crippen LogP contribution in [0.5, 0.6) is 0 Å². The van der Waals surface area contributed by atoms with Crippen molar-refractivity contribution in [2.24, 2.45) is 5.92 Å². The molecule has 0 spiro atoms. The highest BCUT2D eigenvalue weighted by molar-refractivity contribution is 5.92. The molecular formula is C18H21N3O2. The summed E-state index contributed by atoms with van der Waals surface area (Å²) < 4.78 is 0. The molecule has 1 aliphatic carbocycles. The number of rotatable bonds is 4. The fraction of sp³-hybridized carbons (Fsp3) is 0.389. The van der Waals surface area contributed by atoms with E-state index in [1.807, 2.05) is 37.3 Å². The molecule has 3 rings (SSSR count). The van der Waals surface area contributed by atoms with Gasteiger partial charge in [-0.15, -0.1) is 0 Å². The second-order valence-electron chi connectivity index (χ2n) is 6.19. The van der Waals surface area contributed by atoms with Gasteiger partial charge in [-0.25, -0.2) is 9.97 Å². The molecule has 2 aromatic rings. The fourth-order valence-corrected chi connectivity index (χ4v) is 3.08. The molecule has 1 aromatic heterocycles. The largest absolute Gasteiger partial charge is 0.393 e. The van der Waals surface area contributed by atoms with Crippen molar-refractivity contribution in [1.29, 1.82) is 0 Å². The molecule has 23 heavy (non-hydrogen) atoms. The Morgan fingerprint density at radius 3 is 2.52 bits per heavy atom. The normalized spacial score (nSPS) is 21.3. The number of hydrogen-bond donors (Lipinski definition) is 2. The molecule has 0 aliphatic heterocycles. The van der Waals surface area contributed by atoms with Crippen molar-refractivity contribution >= 4 is 5.91 Å². The summed E-state index contributed by atoms with van der Waals surface area (Å²) in [5.41, 5.74) is 2.22. The van der Waals surface area contributed by atoms with E-state index in [2.05, 4.69) is 15.3 Å². The van der Waals surface area contributed by atoms with E-state index in [0.29, 0.717) is 24.4 Å². The Morgan fingerprint density at radius 2 is 1.91 bits per heavy atom. The number of carbonyl (C=O) groups excluding carboxylic acids is 1. The van der Waals surface area contributed by atoms with E-state index < -0.39 is 0 Å². The molecule has 5 heteroatoms. The van der Waals surface area contributed by atoms with E-state index in [0.717, 1.165) is 11.3 Å². The van der Waals surface area contributed by atoms with E-state index in [-0.39, 0.29) is 24.0 Å². The molecule has 1 heterocycles. The van der Waals surface area contributed by atoms with Crippen molar-refractivity contribution in [3.8, 4) is 0 Å². The van der Waals surface area contributed by atoms with Gasteiger partial charge in [-0.1, -0.05) is 30.3 Å². The first kappa shape index (κ1) is 15.6. The molecule has 1 saturated carbocycles. The van der Waals surface area contributed by atoms with E-state index in [9.17, 15) is 9.90 Å². The first-order chi connectivity index (χ1) is 11.0. The third kappa shape index (κ3) is 3.56. The maximum Gasteiger partial charge on any atom is 0.270 e. The molecule has 2 N–H and O–H groups in total. The molecule has 1 amide bonds. The van der Waals surface area contributed by atoms with Crippen LogP contribution in [0.25, 0.3) is 0 Å². The van der Waals surface area contributed by atoms with Crippen molar-refractivity contribution in [3.63, 3.8) is 0 Å². The first-order valence-corrected chi connectivity index (χ1v) is 7.89. The van der Waals surface area contributed by atoms with Crippen molar-refractivity contribution in [2.75, 3.05) is 0 Å². The smallest absolute Gasteiger partial charge is 0.270 e. The molecule has 5 nitrogen and oxygen atoms in total. The van der Waals surface area contributed by atoms with Crippen LogP contribution in [0.1, 0.15) is 46.5 Å². The van der Waals surface area contributed by atoms with Crippen LogP contribution in [-0.2, 0) is 0 Å². The van der Waals surface area contributed by atoms with Crippen molar-refractivity contribution in [1.82, 2.24) is 15.3 Å². The maximum absolute atomic E-state index is 12.6. The zero-order valence-electron chi connectivity index (χ0n) is 13.4. The Balaban J connectivity index is 1.82. The number of aryl methyl sites for hydroxylation is 2. The van der Waals surface area contributed by atoms with Crippen LogP contribution in [0.2, 0.25) is 0 Å². The summed E-state index contributed by atoms with van der Waals surface area (Å²) in [6.45, 7) is 3.63. The lowest BCUT2D eigenvalue weighted by Crippen LogP contribution is -2.41. The standard InChI is InChI=1S/C18H21N3O2/c1-11-8-16(20-12(2)19-11)18(23)21-17(14-9-15(22)10-14)13-6-4-3-5-7-13/h3-8,14-15,17,22H,9-10H2,1-2H3,(H,21,23)/t14?,15?,17-/m0/s1. The lowest BCUT2D eigenvalue weighted by atomic mass is 9.75. The summed E-state index contributed by atoms with van der Waals surface area (Å²) >= 11 is 0. The minimum Gasteiger partial charge on any atom is -0.393 e. The topological polar surface area (TPSA) is 75.1 Å². The number of aromatic nitrogens is 2. The quantitative estimate of drug-likeness (QED) is 0.909. The number of nitrogens with one attached hydrogen (secondary N) is 1. The number of aliphatic hydroxyl groups is 1. The molecule has 0 bridgehead atoms. The van der Waals surface area contributed by atoms with Gasteiger partial charge in [-0.3, -0.25) is 4.79 Å². The van der Waals surface area contributed by atoms with E-state index in [1.165, 1.54) is 0 Å². The summed E-state index contributed by atoms with van der Waals surface area (Å²) in [7, 11) is 0. The number of amides is 1. The minimum absolute atomic E-state index is 0.109. The molecule has 120 valence electrons. The van der Waals surface area contributed by atoms with Crippen LogP contribution >= 0.6 is 0 Å². The second-order valence-corrected chi connectivity index (χ2v) is 6.19. The number of hydrogen-bond acceptors (Lipinski definition) is 4. The Bertz CT molecular complexity index is 676. The monoisotopic (exact) mass is 311 g/mol. The highest BCUT2D eigenvalue weighted by atomic mass is 16.3. The third-order valence-corrected chi connectivity index (χ3v) is 4.26. The van der Waals surface area contributed by atoms with Gasteiger partial charge in [-0.2, -0.15) is 0 Å². The van der Waals surface area contributed by atoms with Gasteiger partial charge in [0.05, 0.1) is 12.1 Å². The Kier molecular flexibility index (Phi) is 4.39. The van der Waals surface area contributed by atoms with Gasteiger partial charge < -0.3 is 10.4 Å². The van der Waals surface area contributed by atoms with Gasteiger partial charge in [0.25, 0.3) is 5.91 Å². The SMILES string of the molecule is Cc1cc(C(=O)N[C@@H](c2ccccc2)C2CC(O)C2)nc(C)n1. The van der Waals surface area contributed by atoms with E-state index in [1.54, 1.807) is 13.0 Å². The Hall–Kier alpha value is -2.27. The van der Waals surface area contributed by atoms with Crippen LogP contribution in [0.4, 0.5) is 0 Å². The van der Waals surface area contributed by atoms with Gasteiger partial charge in [-0.05, 0) is 44.2 Å². The number of carbonyl (C=O) groups is 1. The summed E-state index contributed by atoms with van der Waals surface area (Å²) in [4.78, 5) is 21.0. The molecule has 1 aliphatic rings. The average molecular weight is 311 g/mol. The molecule has 0 unspecified atom stereocenters. The zero-order chi connectivity index (χ0) is 16.4. The summed E-state index contributed by atoms with van der Waals surface area (Å²) in [5.74, 6) is 0.639. The van der Waals surface area contributed by atoms with Crippen LogP contribution in [0.15, 0.2) is 36.4 Å². The first-order valence-electron chi connectivity index (χ1n) is 7.89.